The van der Waals surface area contributed by atoms with E-state index in [0.717, 1.165) is 12.1 Å². The van der Waals surface area contributed by atoms with Gasteiger partial charge in [-0.05, 0) is 49.2 Å². The molecule has 0 spiro atoms. The van der Waals surface area contributed by atoms with E-state index < -0.39 is 27.7 Å². The lowest BCUT2D eigenvalue weighted by Crippen LogP contribution is -2.31. The zero-order valence-electron chi connectivity index (χ0n) is 14.4. The van der Waals surface area contributed by atoms with Gasteiger partial charge in [0, 0.05) is 12.1 Å². The number of nitrogens with zero attached hydrogens (tertiary/aromatic N) is 1. The van der Waals surface area contributed by atoms with E-state index in [-0.39, 0.29) is 11.4 Å². The van der Waals surface area contributed by atoms with Gasteiger partial charge in [0.2, 0.25) is 10.0 Å². The third-order valence-corrected chi connectivity index (χ3v) is 6.40. The van der Waals surface area contributed by atoms with Crippen LogP contribution in [0.25, 0.3) is 0 Å². The van der Waals surface area contributed by atoms with Crippen LogP contribution in [0.1, 0.15) is 24.4 Å². The van der Waals surface area contributed by atoms with Gasteiger partial charge in [-0.3, -0.25) is 0 Å². The zero-order valence-corrected chi connectivity index (χ0v) is 15.2. The highest BCUT2D eigenvalue weighted by Gasteiger charge is 2.38. The summed E-state index contributed by atoms with van der Waals surface area (Å²) in [6, 6.07) is 7.31. The van der Waals surface area contributed by atoms with Crippen LogP contribution in [0, 0.1) is 11.6 Å². The summed E-state index contributed by atoms with van der Waals surface area (Å²) in [7, 11) is -0.957. The molecule has 0 aromatic heterocycles. The lowest BCUT2D eigenvalue weighted by atomic mass is 10.0. The highest BCUT2D eigenvalue weighted by atomic mass is 32.2. The maximum Gasteiger partial charge on any atom is 0.243 e. The van der Waals surface area contributed by atoms with Crippen molar-refractivity contribution >= 4 is 10.0 Å². The van der Waals surface area contributed by atoms with Crippen molar-refractivity contribution in [2.24, 2.45) is 0 Å². The van der Waals surface area contributed by atoms with Gasteiger partial charge >= 0.3 is 0 Å². The smallest absolute Gasteiger partial charge is 0.243 e. The van der Waals surface area contributed by atoms with Crippen molar-refractivity contribution in [1.29, 1.82) is 0 Å². The Morgan fingerprint density at radius 1 is 1.04 bits per heavy atom. The fourth-order valence-electron chi connectivity index (χ4n) is 3.21. The van der Waals surface area contributed by atoms with Crippen molar-refractivity contribution in [3.8, 4) is 11.5 Å². The molecule has 1 fully saturated rings. The summed E-state index contributed by atoms with van der Waals surface area (Å²) in [5.74, 6) is -1.15. The van der Waals surface area contributed by atoms with Gasteiger partial charge in [-0.25, -0.2) is 17.2 Å². The van der Waals surface area contributed by atoms with E-state index in [2.05, 4.69) is 0 Å². The molecule has 3 rings (SSSR count). The van der Waals surface area contributed by atoms with Crippen molar-refractivity contribution in [2.45, 2.75) is 23.8 Å². The molecule has 1 atom stereocenters. The average Bonchev–Trinajstić information content (AvgIpc) is 3.13. The van der Waals surface area contributed by atoms with Gasteiger partial charge in [-0.15, -0.1) is 0 Å². The molecular formula is C18H19F2NO4S. The standard InChI is InChI=1S/C18H19F2NO4S/c1-24-12-5-8-18(25-2)14(10-12)17-4-3-9-21(17)26(22,23)13-6-7-15(19)16(20)11-13/h5-8,10-11,17H,3-4,9H2,1-2H3/t17-/m0/s1. The highest BCUT2D eigenvalue weighted by Crippen LogP contribution is 2.41. The molecule has 0 radical (unpaired) electrons. The van der Waals surface area contributed by atoms with Gasteiger partial charge in [0.25, 0.3) is 0 Å². The highest BCUT2D eigenvalue weighted by molar-refractivity contribution is 7.89. The minimum absolute atomic E-state index is 0.273. The number of rotatable bonds is 5. The maximum atomic E-state index is 13.5. The molecule has 2 aromatic carbocycles. The van der Waals surface area contributed by atoms with E-state index >= 15 is 0 Å². The summed E-state index contributed by atoms with van der Waals surface area (Å²) in [5, 5.41) is 0. The Morgan fingerprint density at radius 3 is 2.46 bits per heavy atom. The molecule has 1 aliphatic rings. The predicted octanol–water partition coefficient (Wildman–Crippen LogP) is 3.51. The Bertz CT molecular complexity index is 917. The van der Waals surface area contributed by atoms with Crippen LogP contribution in [0.2, 0.25) is 0 Å². The van der Waals surface area contributed by atoms with Gasteiger partial charge in [0.15, 0.2) is 11.6 Å². The first-order valence-corrected chi connectivity index (χ1v) is 9.51. The fraction of sp³-hybridized carbons (Fsp3) is 0.333. The van der Waals surface area contributed by atoms with E-state index in [1.807, 2.05) is 0 Å². The number of ether oxygens (including phenoxy) is 2. The molecule has 5 nitrogen and oxygen atoms in total. The van der Waals surface area contributed by atoms with E-state index in [1.54, 1.807) is 18.2 Å². The Kier molecular flexibility index (Phi) is 5.15. The van der Waals surface area contributed by atoms with Crippen LogP contribution in [0.5, 0.6) is 11.5 Å². The van der Waals surface area contributed by atoms with Gasteiger partial charge in [0.1, 0.15) is 11.5 Å². The van der Waals surface area contributed by atoms with Crippen LogP contribution in [0.3, 0.4) is 0 Å². The molecule has 8 heteroatoms. The molecule has 26 heavy (non-hydrogen) atoms. The summed E-state index contributed by atoms with van der Waals surface area (Å²) < 4.78 is 64.6. The second kappa shape index (κ2) is 7.20. The topological polar surface area (TPSA) is 55.8 Å². The number of hydrogen-bond donors (Lipinski definition) is 0. The maximum absolute atomic E-state index is 13.5. The number of sulfonamides is 1. The largest absolute Gasteiger partial charge is 0.497 e. The summed E-state index contributed by atoms with van der Waals surface area (Å²) in [5.41, 5.74) is 0.676. The Hall–Kier alpha value is -2.19. The second-order valence-corrected chi connectivity index (χ2v) is 7.85. The molecule has 0 unspecified atom stereocenters. The number of benzene rings is 2. The first-order chi connectivity index (χ1) is 12.4. The van der Waals surface area contributed by atoms with Gasteiger partial charge in [0.05, 0.1) is 25.2 Å². The third kappa shape index (κ3) is 3.26. The van der Waals surface area contributed by atoms with E-state index in [4.69, 9.17) is 9.47 Å². The van der Waals surface area contributed by atoms with Gasteiger partial charge in [-0.1, -0.05) is 0 Å². The number of hydrogen-bond acceptors (Lipinski definition) is 4. The lowest BCUT2D eigenvalue weighted by molar-refractivity contribution is 0.361. The summed E-state index contributed by atoms with van der Waals surface area (Å²) in [6.45, 7) is 0.284. The van der Waals surface area contributed by atoms with Crippen LogP contribution in [0.4, 0.5) is 8.78 Å². The van der Waals surface area contributed by atoms with Crippen LogP contribution in [-0.2, 0) is 10.0 Å². The summed E-state index contributed by atoms with van der Waals surface area (Å²) in [4.78, 5) is -0.273. The molecule has 1 saturated heterocycles. The minimum Gasteiger partial charge on any atom is -0.497 e. The molecule has 0 N–H and O–H groups in total. The van der Waals surface area contributed by atoms with Crippen LogP contribution < -0.4 is 9.47 Å². The van der Waals surface area contributed by atoms with Crippen LogP contribution in [-0.4, -0.2) is 33.5 Å². The molecule has 0 aliphatic carbocycles. The number of halogens is 2. The Morgan fingerprint density at radius 2 is 1.81 bits per heavy atom. The fourth-order valence-corrected chi connectivity index (χ4v) is 4.90. The quantitative estimate of drug-likeness (QED) is 0.793. The SMILES string of the molecule is COc1ccc(OC)c([C@@H]2CCCN2S(=O)(=O)c2ccc(F)c(F)c2)c1. The molecule has 1 heterocycles. The average molecular weight is 383 g/mol. The molecular weight excluding hydrogens is 364 g/mol. The monoisotopic (exact) mass is 383 g/mol. The molecule has 1 aliphatic heterocycles. The zero-order chi connectivity index (χ0) is 18.9. The summed E-state index contributed by atoms with van der Waals surface area (Å²) >= 11 is 0. The second-order valence-electron chi connectivity index (χ2n) is 5.96. The molecule has 140 valence electrons. The van der Waals surface area contributed by atoms with Crippen molar-refractivity contribution in [3.63, 3.8) is 0 Å². The van der Waals surface area contributed by atoms with Crippen molar-refractivity contribution in [3.05, 3.63) is 53.6 Å². The number of methoxy groups -OCH3 is 2. The first kappa shape index (κ1) is 18.6. The van der Waals surface area contributed by atoms with Crippen molar-refractivity contribution in [1.82, 2.24) is 4.31 Å². The van der Waals surface area contributed by atoms with E-state index in [0.29, 0.717) is 36.0 Å². The van der Waals surface area contributed by atoms with Crippen molar-refractivity contribution in [2.75, 3.05) is 20.8 Å². The van der Waals surface area contributed by atoms with Gasteiger partial charge in [-0.2, -0.15) is 4.31 Å². The lowest BCUT2D eigenvalue weighted by Gasteiger charge is -2.26. The summed E-state index contributed by atoms with van der Waals surface area (Å²) in [6.07, 6.45) is 1.24. The normalized spacial score (nSPS) is 18.1. The Balaban J connectivity index is 2.04. The van der Waals surface area contributed by atoms with Crippen molar-refractivity contribution < 1.29 is 26.7 Å². The third-order valence-electron chi connectivity index (χ3n) is 4.50. The first-order valence-electron chi connectivity index (χ1n) is 8.07. The molecule has 0 amide bonds. The Labute approximate surface area is 151 Å². The van der Waals surface area contributed by atoms with Crippen LogP contribution >= 0.6 is 0 Å². The minimum atomic E-state index is -3.99. The molecule has 2 aromatic rings. The van der Waals surface area contributed by atoms with Gasteiger partial charge < -0.3 is 9.47 Å². The molecule has 0 bridgehead atoms. The van der Waals surface area contributed by atoms with E-state index in [1.165, 1.54) is 18.5 Å². The molecule has 0 saturated carbocycles. The van der Waals surface area contributed by atoms with E-state index in [9.17, 15) is 17.2 Å². The van der Waals surface area contributed by atoms with Crippen LogP contribution in [0.15, 0.2) is 41.3 Å². The predicted molar refractivity (Wildman–Crippen MR) is 91.8 cm³/mol.